The van der Waals surface area contributed by atoms with Crippen LogP contribution in [0, 0.1) is 0 Å². The van der Waals surface area contributed by atoms with Crippen molar-refractivity contribution in [1.82, 2.24) is 4.90 Å². The van der Waals surface area contributed by atoms with Crippen molar-refractivity contribution in [2.24, 2.45) is 0 Å². The number of ether oxygens (including phenoxy) is 1. The first kappa shape index (κ1) is 21.4. The number of carbonyl (C=O) groups is 1. The fourth-order valence-electron chi connectivity index (χ4n) is 4.24. The summed E-state index contributed by atoms with van der Waals surface area (Å²) in [5, 5.41) is 9.62. The van der Waals surface area contributed by atoms with Crippen LogP contribution in [0.25, 0.3) is 0 Å². The Labute approximate surface area is 185 Å². The second-order valence-electron chi connectivity index (χ2n) is 7.86. The molecular weight excluding hydrogens is 449 g/mol. The Morgan fingerprint density at radius 3 is 2.43 bits per heavy atom. The number of rotatable bonds is 5. The van der Waals surface area contributed by atoms with Crippen molar-refractivity contribution in [3.8, 4) is 5.75 Å². The summed E-state index contributed by atoms with van der Waals surface area (Å²) in [5.41, 5.74) is 1.18. The van der Waals surface area contributed by atoms with Crippen LogP contribution in [0.2, 0.25) is 10.0 Å². The van der Waals surface area contributed by atoms with E-state index in [9.17, 15) is 13.2 Å². The Bertz CT molecular complexity index is 1070. The molecule has 1 fully saturated rings. The van der Waals surface area contributed by atoms with Gasteiger partial charge in [0, 0.05) is 26.6 Å². The van der Waals surface area contributed by atoms with Crippen LogP contribution in [0.1, 0.15) is 24.0 Å². The Hall–Kier alpha value is -1.80. The van der Waals surface area contributed by atoms with Gasteiger partial charge in [-0.2, -0.15) is 0 Å². The third-order valence-corrected chi connectivity index (χ3v) is 8.30. The number of benzene rings is 2. The van der Waals surface area contributed by atoms with E-state index in [1.807, 2.05) is 11.0 Å². The van der Waals surface area contributed by atoms with Crippen molar-refractivity contribution >= 4 is 39.0 Å². The summed E-state index contributed by atoms with van der Waals surface area (Å²) in [7, 11) is -3.67. The van der Waals surface area contributed by atoms with Crippen LogP contribution < -0.4 is 4.74 Å². The molecule has 2 aliphatic rings. The van der Waals surface area contributed by atoms with Crippen LogP contribution in [-0.2, 0) is 25.8 Å². The molecule has 0 saturated carbocycles. The van der Waals surface area contributed by atoms with E-state index in [2.05, 4.69) is 0 Å². The maximum atomic E-state index is 13.0. The average Bonchev–Trinajstić information content (AvgIpc) is 3.04. The van der Waals surface area contributed by atoms with Crippen molar-refractivity contribution in [2.75, 3.05) is 26.2 Å². The molecular formula is C21H21Cl2NO5S. The number of fused-ring (bicyclic) bond motifs is 2. The summed E-state index contributed by atoms with van der Waals surface area (Å²) in [6.07, 6.45) is 1.54. The van der Waals surface area contributed by atoms with Gasteiger partial charge in [0.25, 0.3) is 0 Å². The highest BCUT2D eigenvalue weighted by molar-refractivity contribution is 7.90. The molecule has 6 nitrogen and oxygen atoms in total. The van der Waals surface area contributed by atoms with Gasteiger partial charge in [0.2, 0.25) is 0 Å². The SMILES string of the molecule is O=C(O)CN1CCC2(CC1)COc1cc(S(=O)(=O)Cc3c(Cl)cccc3Cl)ccc12. The number of aliphatic carboxylic acids is 1. The number of piperidine rings is 1. The molecule has 2 heterocycles. The lowest BCUT2D eigenvalue weighted by Gasteiger charge is -2.37. The summed E-state index contributed by atoms with van der Waals surface area (Å²) in [4.78, 5) is 13.0. The molecule has 0 unspecified atom stereocenters. The predicted molar refractivity (Wildman–Crippen MR) is 114 cm³/mol. The van der Waals surface area contributed by atoms with Gasteiger partial charge >= 0.3 is 5.97 Å². The van der Waals surface area contributed by atoms with Crippen LogP contribution in [0.3, 0.4) is 0 Å². The van der Waals surface area contributed by atoms with E-state index in [0.717, 1.165) is 18.4 Å². The largest absolute Gasteiger partial charge is 0.492 e. The molecule has 9 heteroatoms. The molecule has 160 valence electrons. The summed E-state index contributed by atoms with van der Waals surface area (Å²) in [5.74, 6) is -0.546. The van der Waals surface area contributed by atoms with Crippen molar-refractivity contribution in [2.45, 2.75) is 28.9 Å². The summed E-state index contributed by atoms with van der Waals surface area (Å²) < 4.78 is 31.9. The first-order chi connectivity index (χ1) is 14.2. The van der Waals surface area contributed by atoms with Gasteiger partial charge in [-0.15, -0.1) is 0 Å². The van der Waals surface area contributed by atoms with Crippen molar-refractivity contribution < 1.29 is 23.1 Å². The number of carboxylic acid groups (broad SMARTS) is 1. The molecule has 30 heavy (non-hydrogen) atoms. The average molecular weight is 470 g/mol. The number of sulfone groups is 1. The smallest absolute Gasteiger partial charge is 0.317 e. The highest BCUT2D eigenvalue weighted by Crippen LogP contribution is 2.46. The van der Waals surface area contributed by atoms with Gasteiger partial charge in [0.15, 0.2) is 9.84 Å². The lowest BCUT2D eigenvalue weighted by atomic mass is 9.74. The van der Waals surface area contributed by atoms with Crippen LogP contribution in [0.15, 0.2) is 41.3 Å². The first-order valence-corrected chi connectivity index (χ1v) is 12.0. The van der Waals surface area contributed by atoms with Gasteiger partial charge in [-0.1, -0.05) is 35.3 Å². The lowest BCUT2D eigenvalue weighted by Crippen LogP contribution is -2.45. The van der Waals surface area contributed by atoms with Crippen LogP contribution in [0.4, 0.5) is 0 Å². The molecule has 1 saturated heterocycles. The van der Waals surface area contributed by atoms with E-state index in [1.54, 1.807) is 30.3 Å². The molecule has 2 aromatic rings. The lowest BCUT2D eigenvalue weighted by molar-refractivity contribution is -0.138. The molecule has 0 amide bonds. The Morgan fingerprint density at radius 2 is 1.80 bits per heavy atom. The number of halogens is 2. The number of hydrogen-bond acceptors (Lipinski definition) is 5. The molecule has 0 bridgehead atoms. The highest BCUT2D eigenvalue weighted by Gasteiger charge is 2.43. The molecule has 0 aromatic heterocycles. The van der Waals surface area contributed by atoms with Crippen LogP contribution >= 0.6 is 23.2 Å². The van der Waals surface area contributed by atoms with Gasteiger partial charge in [0.1, 0.15) is 5.75 Å². The molecule has 1 N–H and O–H groups in total. The standard InChI is InChI=1S/C21H21Cl2NO5S/c22-17-2-1-3-18(23)15(17)12-30(27,28)14-4-5-16-19(10-14)29-13-21(16)6-8-24(9-7-21)11-20(25)26/h1-5,10H,6-9,11-13H2,(H,25,26). The Balaban J connectivity index is 1.56. The zero-order chi connectivity index (χ0) is 21.5. The fourth-order valence-corrected chi connectivity index (χ4v) is 6.34. The number of carboxylic acids is 1. The zero-order valence-electron chi connectivity index (χ0n) is 16.1. The Morgan fingerprint density at radius 1 is 1.13 bits per heavy atom. The van der Waals surface area contributed by atoms with Gasteiger partial charge in [-0.25, -0.2) is 8.42 Å². The molecule has 0 aliphatic carbocycles. The minimum Gasteiger partial charge on any atom is -0.492 e. The summed E-state index contributed by atoms with van der Waals surface area (Å²) in [6, 6.07) is 9.92. The number of hydrogen-bond donors (Lipinski definition) is 1. The monoisotopic (exact) mass is 469 g/mol. The third kappa shape index (κ3) is 4.04. The quantitative estimate of drug-likeness (QED) is 0.716. The van der Waals surface area contributed by atoms with Gasteiger partial charge in [-0.3, -0.25) is 9.69 Å². The second-order valence-corrected chi connectivity index (χ2v) is 10.7. The van der Waals surface area contributed by atoms with Gasteiger partial charge < -0.3 is 9.84 Å². The first-order valence-electron chi connectivity index (χ1n) is 9.57. The van der Waals surface area contributed by atoms with Crippen LogP contribution in [-0.4, -0.2) is 50.6 Å². The number of likely N-dealkylation sites (tertiary alicyclic amines) is 1. The molecule has 1 spiro atoms. The van der Waals surface area contributed by atoms with Gasteiger partial charge in [0.05, 0.1) is 23.8 Å². The molecule has 2 aromatic carbocycles. The highest BCUT2D eigenvalue weighted by atomic mass is 35.5. The van der Waals surface area contributed by atoms with Gasteiger partial charge in [-0.05, 0) is 50.2 Å². The van der Waals surface area contributed by atoms with Crippen LogP contribution in [0.5, 0.6) is 5.75 Å². The van der Waals surface area contributed by atoms with Crippen molar-refractivity contribution in [3.63, 3.8) is 0 Å². The predicted octanol–water partition coefficient (Wildman–Crippen LogP) is 3.78. The van der Waals surface area contributed by atoms with E-state index < -0.39 is 15.8 Å². The summed E-state index contributed by atoms with van der Waals surface area (Å²) >= 11 is 12.3. The third-order valence-electron chi connectivity index (χ3n) is 5.96. The molecule has 4 rings (SSSR count). The van der Waals surface area contributed by atoms with E-state index in [-0.39, 0.29) is 22.6 Å². The Kier molecular flexibility index (Phi) is 5.74. The molecule has 2 aliphatic heterocycles. The minimum absolute atomic E-state index is 0.0333. The van der Waals surface area contributed by atoms with Crippen molar-refractivity contribution in [3.05, 3.63) is 57.6 Å². The zero-order valence-corrected chi connectivity index (χ0v) is 18.4. The molecule has 0 atom stereocenters. The fraction of sp³-hybridized carbons (Fsp3) is 0.381. The van der Waals surface area contributed by atoms with E-state index >= 15 is 0 Å². The topological polar surface area (TPSA) is 83.9 Å². The molecule has 0 radical (unpaired) electrons. The van der Waals surface area contributed by atoms with E-state index in [0.29, 0.717) is 41.1 Å². The maximum absolute atomic E-state index is 13.0. The summed E-state index contributed by atoms with van der Waals surface area (Å²) in [6.45, 7) is 1.84. The minimum atomic E-state index is -3.67. The van der Waals surface area contributed by atoms with E-state index in [4.69, 9.17) is 33.0 Å². The van der Waals surface area contributed by atoms with Crippen molar-refractivity contribution in [1.29, 1.82) is 0 Å². The normalized spacial score (nSPS) is 18.2. The second kappa shape index (κ2) is 8.04. The van der Waals surface area contributed by atoms with E-state index in [1.165, 1.54) is 0 Å². The number of nitrogens with zero attached hydrogens (tertiary/aromatic N) is 1. The maximum Gasteiger partial charge on any atom is 0.317 e.